The van der Waals surface area contributed by atoms with Gasteiger partial charge in [0.05, 0.1) is 0 Å². The van der Waals surface area contributed by atoms with Gasteiger partial charge in [-0.05, 0) is 85.6 Å². The third-order valence-electron chi connectivity index (χ3n) is 6.92. The van der Waals surface area contributed by atoms with Crippen LogP contribution in [0.3, 0.4) is 0 Å². The zero-order chi connectivity index (χ0) is 21.7. The summed E-state index contributed by atoms with van der Waals surface area (Å²) < 4.78 is 0. The summed E-state index contributed by atoms with van der Waals surface area (Å²) >= 11 is 0. The Morgan fingerprint density at radius 2 is 1.52 bits per heavy atom. The number of aromatic nitrogens is 1. The number of hydrogen-bond donors (Lipinski definition) is 0. The first-order valence-electron chi connectivity index (χ1n) is 12.9. The fourth-order valence-corrected chi connectivity index (χ4v) is 4.84. The van der Waals surface area contributed by atoms with Crippen LogP contribution in [0.2, 0.25) is 0 Å². The van der Waals surface area contributed by atoms with E-state index >= 15 is 0 Å². The Morgan fingerprint density at radius 3 is 2.19 bits per heavy atom. The normalized spacial score (nSPS) is 18.4. The van der Waals surface area contributed by atoms with E-state index in [1.807, 2.05) is 6.20 Å². The van der Waals surface area contributed by atoms with Crippen molar-refractivity contribution in [1.29, 1.82) is 0 Å². The predicted molar refractivity (Wildman–Crippen MR) is 133 cm³/mol. The molecule has 0 radical (unpaired) electrons. The molecule has 1 aromatic carbocycles. The first-order chi connectivity index (χ1) is 15.3. The summed E-state index contributed by atoms with van der Waals surface area (Å²) in [7, 11) is 0. The fraction of sp³-hybridized carbons (Fsp3) is 0.567. The van der Waals surface area contributed by atoms with E-state index in [9.17, 15) is 0 Å². The maximum Gasteiger partial charge on any atom is 0.113 e. The second-order valence-corrected chi connectivity index (χ2v) is 9.45. The molecule has 2 aromatic rings. The highest BCUT2D eigenvalue weighted by atomic mass is 14.7. The van der Waals surface area contributed by atoms with Crippen molar-refractivity contribution < 1.29 is 0 Å². The van der Waals surface area contributed by atoms with Crippen molar-refractivity contribution in [2.45, 2.75) is 103 Å². The Bertz CT molecular complexity index is 798. The molecular formula is C30H41N. The Morgan fingerprint density at radius 1 is 0.774 bits per heavy atom. The molecular weight excluding hydrogens is 374 g/mol. The van der Waals surface area contributed by atoms with Gasteiger partial charge in [-0.15, -0.1) is 0 Å². The van der Waals surface area contributed by atoms with Crippen molar-refractivity contribution in [1.82, 2.24) is 4.98 Å². The molecule has 0 atom stereocenters. The molecule has 0 bridgehead atoms. The lowest BCUT2D eigenvalue weighted by Gasteiger charge is -2.29. The van der Waals surface area contributed by atoms with E-state index < -0.39 is 0 Å². The number of nitrogens with zero attached hydrogens (tertiary/aromatic N) is 1. The van der Waals surface area contributed by atoms with Crippen LogP contribution < -0.4 is 0 Å². The van der Waals surface area contributed by atoms with E-state index in [1.165, 1.54) is 88.2 Å². The summed E-state index contributed by atoms with van der Waals surface area (Å²) in [4.78, 5) is 4.53. The number of benzene rings is 1. The number of aryl methyl sites for hydroxylation is 1. The standard InChI is InChI=1S/C30H41N/c1-3-5-7-9-10-25-12-18-28(19-13-25)29-20-14-26(15-21-29)16-22-30-23-17-27(24-31-30)11-8-6-4-2/h14-15,17,20-21,23-25,28H,3-13,18-19H2,1-2H3. The van der Waals surface area contributed by atoms with E-state index in [4.69, 9.17) is 0 Å². The summed E-state index contributed by atoms with van der Waals surface area (Å²) in [5, 5.41) is 0. The van der Waals surface area contributed by atoms with Gasteiger partial charge in [0.15, 0.2) is 0 Å². The van der Waals surface area contributed by atoms with E-state index in [2.05, 4.69) is 67.1 Å². The summed E-state index contributed by atoms with van der Waals surface area (Å²) in [6, 6.07) is 13.2. The van der Waals surface area contributed by atoms with Crippen LogP contribution in [0.5, 0.6) is 0 Å². The molecule has 0 saturated heterocycles. The molecule has 31 heavy (non-hydrogen) atoms. The lowest BCUT2D eigenvalue weighted by molar-refractivity contribution is 0.302. The molecule has 1 aromatic heterocycles. The van der Waals surface area contributed by atoms with Crippen molar-refractivity contribution in [2.24, 2.45) is 5.92 Å². The van der Waals surface area contributed by atoms with E-state index in [0.29, 0.717) is 0 Å². The fourth-order valence-electron chi connectivity index (χ4n) is 4.84. The van der Waals surface area contributed by atoms with Gasteiger partial charge in [0.25, 0.3) is 0 Å². The Hall–Kier alpha value is -2.07. The second-order valence-electron chi connectivity index (χ2n) is 9.45. The van der Waals surface area contributed by atoms with Gasteiger partial charge < -0.3 is 0 Å². The molecule has 1 fully saturated rings. The SMILES string of the molecule is CCCCCCC1CCC(c2ccc(C#Cc3ccc(CCCCC)cn3)cc2)CC1. The monoisotopic (exact) mass is 415 g/mol. The number of hydrogen-bond acceptors (Lipinski definition) is 1. The highest BCUT2D eigenvalue weighted by Gasteiger charge is 2.21. The number of pyridine rings is 1. The van der Waals surface area contributed by atoms with Gasteiger partial charge in [-0.1, -0.05) is 82.9 Å². The quantitative estimate of drug-likeness (QED) is 0.280. The van der Waals surface area contributed by atoms with E-state index in [1.54, 1.807) is 0 Å². The third kappa shape index (κ3) is 8.17. The highest BCUT2D eigenvalue weighted by molar-refractivity contribution is 5.41. The first kappa shape index (κ1) is 23.6. The van der Waals surface area contributed by atoms with E-state index in [0.717, 1.165) is 29.5 Å². The van der Waals surface area contributed by atoms with Gasteiger partial charge in [-0.2, -0.15) is 0 Å². The number of unbranched alkanes of at least 4 members (excludes halogenated alkanes) is 5. The van der Waals surface area contributed by atoms with Crippen LogP contribution in [0, 0.1) is 17.8 Å². The van der Waals surface area contributed by atoms with Crippen LogP contribution in [0.15, 0.2) is 42.6 Å². The number of rotatable bonds is 10. The van der Waals surface area contributed by atoms with Crippen LogP contribution >= 0.6 is 0 Å². The maximum absolute atomic E-state index is 4.53. The molecule has 1 nitrogen and oxygen atoms in total. The predicted octanol–water partition coefficient (Wildman–Crippen LogP) is 8.46. The van der Waals surface area contributed by atoms with Gasteiger partial charge in [0.1, 0.15) is 5.69 Å². The minimum atomic E-state index is 0.746. The lowest BCUT2D eigenvalue weighted by atomic mass is 9.77. The Balaban J connectivity index is 1.46. The van der Waals surface area contributed by atoms with Gasteiger partial charge in [-0.25, -0.2) is 4.98 Å². The average Bonchev–Trinajstić information content (AvgIpc) is 2.82. The molecule has 0 aliphatic heterocycles. The third-order valence-corrected chi connectivity index (χ3v) is 6.92. The molecule has 1 heterocycles. The zero-order valence-electron chi connectivity index (χ0n) is 19.8. The molecule has 166 valence electrons. The van der Waals surface area contributed by atoms with Crippen molar-refractivity contribution in [3.8, 4) is 11.8 Å². The molecule has 1 aliphatic carbocycles. The average molecular weight is 416 g/mol. The highest BCUT2D eigenvalue weighted by Crippen LogP contribution is 2.37. The molecule has 1 heteroatoms. The summed E-state index contributed by atoms with van der Waals surface area (Å²) in [5.41, 5.74) is 4.77. The Kier molecular flexibility index (Phi) is 10.2. The van der Waals surface area contributed by atoms with Gasteiger partial charge in [0, 0.05) is 11.8 Å². The summed E-state index contributed by atoms with van der Waals surface area (Å²) in [5.74, 6) is 8.24. The topological polar surface area (TPSA) is 12.9 Å². The van der Waals surface area contributed by atoms with Crippen molar-refractivity contribution >= 4 is 0 Å². The summed E-state index contributed by atoms with van der Waals surface area (Å²) in [6.07, 6.45) is 19.5. The molecule has 0 amide bonds. The molecule has 1 saturated carbocycles. The first-order valence-corrected chi connectivity index (χ1v) is 12.9. The smallest absolute Gasteiger partial charge is 0.113 e. The largest absolute Gasteiger partial charge is 0.248 e. The van der Waals surface area contributed by atoms with Crippen LogP contribution in [-0.4, -0.2) is 4.98 Å². The molecule has 1 aliphatic rings. The van der Waals surface area contributed by atoms with Crippen LogP contribution in [-0.2, 0) is 6.42 Å². The van der Waals surface area contributed by atoms with Crippen molar-refractivity contribution in [2.75, 3.05) is 0 Å². The molecule has 0 spiro atoms. The van der Waals surface area contributed by atoms with Crippen LogP contribution in [0.25, 0.3) is 0 Å². The Labute approximate surface area is 191 Å². The second kappa shape index (κ2) is 13.4. The van der Waals surface area contributed by atoms with Gasteiger partial charge >= 0.3 is 0 Å². The lowest BCUT2D eigenvalue weighted by Crippen LogP contribution is -2.13. The summed E-state index contributed by atoms with van der Waals surface area (Å²) in [6.45, 7) is 4.54. The minimum Gasteiger partial charge on any atom is -0.248 e. The molecule has 0 unspecified atom stereocenters. The van der Waals surface area contributed by atoms with Crippen molar-refractivity contribution in [3.05, 3.63) is 65.0 Å². The minimum absolute atomic E-state index is 0.746. The molecule has 0 N–H and O–H groups in total. The van der Waals surface area contributed by atoms with Crippen molar-refractivity contribution in [3.63, 3.8) is 0 Å². The zero-order valence-corrected chi connectivity index (χ0v) is 19.8. The van der Waals surface area contributed by atoms with E-state index in [-0.39, 0.29) is 0 Å². The van der Waals surface area contributed by atoms with Crippen LogP contribution in [0.1, 0.15) is 119 Å². The van der Waals surface area contributed by atoms with Crippen LogP contribution in [0.4, 0.5) is 0 Å². The van der Waals surface area contributed by atoms with Gasteiger partial charge in [0.2, 0.25) is 0 Å². The maximum atomic E-state index is 4.53. The van der Waals surface area contributed by atoms with Gasteiger partial charge in [-0.3, -0.25) is 0 Å². The molecule has 3 rings (SSSR count).